The van der Waals surface area contributed by atoms with Crippen LogP contribution in [0.2, 0.25) is 0 Å². The molecule has 0 saturated heterocycles. The highest BCUT2D eigenvalue weighted by Crippen LogP contribution is 2.02. The zero-order valence-electron chi connectivity index (χ0n) is 3.95. The molecule has 0 aromatic rings. The summed E-state index contributed by atoms with van der Waals surface area (Å²) >= 11 is 0. The van der Waals surface area contributed by atoms with Crippen molar-refractivity contribution in [3.63, 3.8) is 0 Å². The van der Waals surface area contributed by atoms with Gasteiger partial charge in [0.25, 0.3) is 0 Å². The molecule has 0 saturated carbocycles. The van der Waals surface area contributed by atoms with Gasteiger partial charge >= 0.3 is 0 Å². The van der Waals surface area contributed by atoms with Gasteiger partial charge in [-0.05, 0) is 0 Å². The van der Waals surface area contributed by atoms with E-state index < -0.39 is 5.83 Å². The van der Waals surface area contributed by atoms with Gasteiger partial charge in [0.05, 0.1) is 6.61 Å². The van der Waals surface area contributed by atoms with E-state index in [2.05, 4.69) is 13.2 Å². The topological polar surface area (TPSA) is 20.2 Å². The van der Waals surface area contributed by atoms with E-state index in [0.717, 1.165) is 0 Å². The zero-order valence-corrected chi connectivity index (χ0v) is 3.95. The smallest absolute Gasteiger partial charge is 0.120 e. The van der Waals surface area contributed by atoms with Crippen LogP contribution in [0.5, 0.6) is 0 Å². The van der Waals surface area contributed by atoms with Crippen molar-refractivity contribution in [1.82, 2.24) is 0 Å². The summed E-state index contributed by atoms with van der Waals surface area (Å²) in [5.74, 6) is -0.650. The third-order valence-corrected chi connectivity index (χ3v) is 0.574. The maximum absolute atomic E-state index is 11.6. The Balaban J connectivity index is 3.58. The Morgan fingerprint density at radius 1 is 1.57 bits per heavy atom. The van der Waals surface area contributed by atoms with Gasteiger partial charge in [-0.25, -0.2) is 4.39 Å². The van der Waals surface area contributed by atoms with Crippen molar-refractivity contribution in [3.05, 3.63) is 24.6 Å². The highest BCUT2D eigenvalue weighted by molar-refractivity contribution is 5.17. The molecule has 0 aliphatic carbocycles. The molecule has 1 N–H and O–H groups in total. The van der Waals surface area contributed by atoms with E-state index in [1.807, 2.05) is 0 Å². The van der Waals surface area contributed by atoms with Crippen LogP contribution >= 0.6 is 0 Å². The van der Waals surface area contributed by atoms with E-state index in [9.17, 15) is 4.39 Å². The maximum atomic E-state index is 11.6. The summed E-state index contributed by atoms with van der Waals surface area (Å²) < 4.78 is 11.6. The standard InChI is InChI=1S/C5H7FO/c1-4(3-7)5(2)6/h7H,1-3H2. The van der Waals surface area contributed by atoms with E-state index in [-0.39, 0.29) is 12.2 Å². The molecule has 1 nitrogen and oxygen atoms in total. The van der Waals surface area contributed by atoms with Crippen molar-refractivity contribution in [2.45, 2.75) is 0 Å². The van der Waals surface area contributed by atoms with Gasteiger partial charge in [0.2, 0.25) is 0 Å². The molecule has 0 bridgehead atoms. The van der Waals surface area contributed by atoms with Crippen LogP contribution in [0, 0.1) is 0 Å². The van der Waals surface area contributed by atoms with Crippen LogP contribution in [-0.2, 0) is 0 Å². The van der Waals surface area contributed by atoms with E-state index in [1.165, 1.54) is 0 Å². The maximum Gasteiger partial charge on any atom is 0.120 e. The predicted octanol–water partition coefficient (Wildman–Crippen LogP) is 1.02. The zero-order chi connectivity index (χ0) is 5.86. The molecule has 0 unspecified atom stereocenters. The molecule has 0 amide bonds. The van der Waals surface area contributed by atoms with Gasteiger partial charge in [0, 0.05) is 5.57 Å². The lowest BCUT2D eigenvalue weighted by atomic mass is 10.3. The predicted molar refractivity (Wildman–Crippen MR) is 26.5 cm³/mol. The second-order valence-electron chi connectivity index (χ2n) is 1.17. The van der Waals surface area contributed by atoms with Crippen molar-refractivity contribution >= 4 is 0 Å². The quantitative estimate of drug-likeness (QED) is 0.516. The average Bonchev–Trinajstić information content (AvgIpc) is 1.65. The molecular formula is C5H7FO. The fraction of sp³-hybridized carbons (Fsp3) is 0.200. The summed E-state index contributed by atoms with van der Waals surface area (Å²) in [5, 5.41) is 8.10. The van der Waals surface area contributed by atoms with Gasteiger partial charge in [0.15, 0.2) is 0 Å². The minimum atomic E-state index is -0.650. The summed E-state index contributed by atoms with van der Waals surface area (Å²) in [7, 11) is 0. The lowest BCUT2D eigenvalue weighted by Gasteiger charge is -1.90. The second kappa shape index (κ2) is 2.53. The lowest BCUT2D eigenvalue weighted by Crippen LogP contribution is -1.85. The van der Waals surface area contributed by atoms with Crippen molar-refractivity contribution in [2.24, 2.45) is 0 Å². The second-order valence-corrected chi connectivity index (χ2v) is 1.17. The molecule has 0 aromatic heterocycles. The fourth-order valence-electron chi connectivity index (χ4n) is 0.0858. The van der Waals surface area contributed by atoms with Crippen LogP contribution in [0.15, 0.2) is 24.6 Å². The summed E-state index contributed by atoms with van der Waals surface area (Å²) in [6.07, 6.45) is 0. The first-order valence-corrected chi connectivity index (χ1v) is 1.82. The van der Waals surface area contributed by atoms with Crippen LogP contribution in [0.3, 0.4) is 0 Å². The molecule has 2 heteroatoms. The SMILES string of the molecule is C=C(F)C(=C)CO. The Morgan fingerprint density at radius 2 is 2.00 bits per heavy atom. The largest absolute Gasteiger partial charge is 0.392 e. The van der Waals surface area contributed by atoms with Crippen molar-refractivity contribution in [2.75, 3.05) is 6.61 Å². The van der Waals surface area contributed by atoms with Crippen LogP contribution in [0.25, 0.3) is 0 Å². The lowest BCUT2D eigenvalue weighted by molar-refractivity contribution is 0.329. The third kappa shape index (κ3) is 2.11. The molecule has 40 valence electrons. The van der Waals surface area contributed by atoms with Gasteiger partial charge in [-0.15, -0.1) is 0 Å². The Kier molecular flexibility index (Phi) is 2.30. The van der Waals surface area contributed by atoms with E-state index in [4.69, 9.17) is 5.11 Å². The fourth-order valence-corrected chi connectivity index (χ4v) is 0.0858. The molecule has 7 heavy (non-hydrogen) atoms. The molecule has 0 heterocycles. The third-order valence-electron chi connectivity index (χ3n) is 0.574. The highest BCUT2D eigenvalue weighted by atomic mass is 19.1. The normalized spacial score (nSPS) is 8.29. The number of aliphatic hydroxyl groups is 1. The molecule has 0 spiro atoms. The Morgan fingerprint density at radius 3 is 2.00 bits per heavy atom. The van der Waals surface area contributed by atoms with E-state index in [1.54, 1.807) is 0 Å². The molecule has 0 atom stereocenters. The van der Waals surface area contributed by atoms with Crippen molar-refractivity contribution in [1.29, 1.82) is 0 Å². The van der Waals surface area contributed by atoms with Crippen molar-refractivity contribution < 1.29 is 9.50 Å². The summed E-state index contributed by atoms with van der Waals surface area (Å²) in [5.41, 5.74) is 0.0417. The first-order valence-electron chi connectivity index (χ1n) is 1.82. The Bertz CT molecular complexity index is 96.3. The number of hydrogen-bond donors (Lipinski definition) is 1. The average molecular weight is 102 g/mol. The van der Waals surface area contributed by atoms with Gasteiger partial charge < -0.3 is 5.11 Å². The summed E-state index contributed by atoms with van der Waals surface area (Å²) in [6, 6.07) is 0. The number of rotatable bonds is 2. The van der Waals surface area contributed by atoms with Crippen LogP contribution in [-0.4, -0.2) is 11.7 Å². The number of hydrogen-bond acceptors (Lipinski definition) is 1. The highest BCUT2D eigenvalue weighted by Gasteiger charge is 1.91. The van der Waals surface area contributed by atoms with Gasteiger partial charge in [-0.2, -0.15) is 0 Å². The van der Waals surface area contributed by atoms with Gasteiger partial charge in [-0.3, -0.25) is 0 Å². The van der Waals surface area contributed by atoms with Crippen LogP contribution in [0.1, 0.15) is 0 Å². The minimum Gasteiger partial charge on any atom is -0.392 e. The van der Waals surface area contributed by atoms with Crippen LogP contribution < -0.4 is 0 Å². The number of aliphatic hydroxyl groups excluding tert-OH is 1. The Hall–Kier alpha value is -0.630. The molecule has 0 rings (SSSR count). The van der Waals surface area contributed by atoms with Crippen molar-refractivity contribution in [3.8, 4) is 0 Å². The van der Waals surface area contributed by atoms with Crippen LogP contribution in [0.4, 0.5) is 4.39 Å². The molecule has 0 fully saturated rings. The van der Waals surface area contributed by atoms with Gasteiger partial charge in [-0.1, -0.05) is 13.2 Å². The Labute approximate surface area is 41.8 Å². The molecule has 0 aromatic carbocycles. The molecule has 0 aliphatic rings. The van der Waals surface area contributed by atoms with E-state index in [0.29, 0.717) is 0 Å². The summed E-state index contributed by atoms with van der Waals surface area (Å²) in [4.78, 5) is 0. The van der Waals surface area contributed by atoms with E-state index >= 15 is 0 Å². The van der Waals surface area contributed by atoms with Gasteiger partial charge in [0.1, 0.15) is 5.83 Å². The minimum absolute atomic E-state index is 0.0417. The first kappa shape index (κ1) is 6.37. The first-order chi connectivity index (χ1) is 3.18. The molecule has 0 aliphatic heterocycles. The number of halogens is 1. The molecular weight excluding hydrogens is 95.1 g/mol. The molecule has 0 radical (unpaired) electrons. The monoisotopic (exact) mass is 102 g/mol. The summed E-state index contributed by atoms with van der Waals surface area (Å²) in [6.45, 7) is 5.70.